The van der Waals surface area contributed by atoms with Gasteiger partial charge in [0.2, 0.25) is 15.9 Å². The quantitative estimate of drug-likeness (QED) is 0.766. The molecule has 1 aromatic carbocycles. The fourth-order valence-corrected chi connectivity index (χ4v) is 3.15. The summed E-state index contributed by atoms with van der Waals surface area (Å²) in [7, 11) is -2.05. The highest BCUT2D eigenvalue weighted by Crippen LogP contribution is 2.24. The first-order valence-corrected chi connectivity index (χ1v) is 9.12. The molecule has 0 aliphatic heterocycles. The van der Waals surface area contributed by atoms with Crippen molar-refractivity contribution in [2.75, 3.05) is 11.1 Å². The number of benzene rings is 1. The van der Waals surface area contributed by atoms with Crippen LogP contribution in [0.15, 0.2) is 28.5 Å². The molecule has 10 heteroatoms. The van der Waals surface area contributed by atoms with Crippen molar-refractivity contribution < 1.29 is 13.2 Å². The van der Waals surface area contributed by atoms with Crippen LogP contribution in [0.5, 0.6) is 0 Å². The molecule has 3 N–H and O–H groups in total. The van der Waals surface area contributed by atoms with Gasteiger partial charge in [0.25, 0.3) is 0 Å². The lowest BCUT2D eigenvalue weighted by atomic mass is 10.1. The molecule has 2 aromatic rings. The Morgan fingerprint density at radius 3 is 2.65 bits per heavy atom. The number of aryl methyl sites for hydroxylation is 2. The van der Waals surface area contributed by atoms with Gasteiger partial charge < -0.3 is 9.88 Å². The van der Waals surface area contributed by atoms with Gasteiger partial charge in [-0.3, -0.25) is 4.79 Å². The number of amides is 1. The van der Waals surface area contributed by atoms with Crippen LogP contribution in [0.1, 0.15) is 11.1 Å². The first-order chi connectivity index (χ1) is 10.7. The molecule has 0 saturated carbocycles. The largest absolute Gasteiger partial charge is 0.325 e. The maximum Gasteiger partial charge on any atom is 0.238 e. The Kier molecular flexibility index (Phi) is 5.07. The summed E-state index contributed by atoms with van der Waals surface area (Å²) in [5, 5.41) is 16.1. The summed E-state index contributed by atoms with van der Waals surface area (Å²) < 4.78 is 24.7. The third-order valence-electron chi connectivity index (χ3n) is 3.25. The minimum atomic E-state index is -3.83. The van der Waals surface area contributed by atoms with E-state index in [1.54, 1.807) is 31.8 Å². The van der Waals surface area contributed by atoms with Crippen LogP contribution in [0.3, 0.4) is 0 Å². The zero-order valence-electron chi connectivity index (χ0n) is 12.9. The van der Waals surface area contributed by atoms with Crippen molar-refractivity contribution in [3.05, 3.63) is 29.6 Å². The molecule has 0 aliphatic carbocycles. The Bertz CT molecular complexity index is 845. The Labute approximate surface area is 138 Å². The van der Waals surface area contributed by atoms with E-state index < -0.39 is 10.0 Å². The number of aromatic nitrogens is 3. The zero-order chi connectivity index (χ0) is 17.2. The minimum Gasteiger partial charge on any atom is -0.325 e. The van der Waals surface area contributed by atoms with Crippen LogP contribution in [0.2, 0.25) is 0 Å². The topological polar surface area (TPSA) is 120 Å². The van der Waals surface area contributed by atoms with E-state index in [4.69, 9.17) is 5.14 Å². The Morgan fingerprint density at radius 1 is 1.39 bits per heavy atom. The number of nitrogens with two attached hydrogens (primary N) is 1. The predicted octanol–water partition coefficient (Wildman–Crippen LogP) is 0.810. The molecule has 0 radical (unpaired) electrons. The van der Waals surface area contributed by atoms with Crippen molar-refractivity contribution in [3.63, 3.8) is 0 Å². The Hall–Kier alpha value is -1.91. The summed E-state index contributed by atoms with van der Waals surface area (Å²) in [6.45, 7) is 3.56. The summed E-state index contributed by atoms with van der Waals surface area (Å²) in [4.78, 5) is 12.0. The second-order valence-corrected chi connectivity index (χ2v) is 7.52. The molecular formula is C13H17N5O3S2. The molecule has 0 saturated heterocycles. The average Bonchev–Trinajstić information content (AvgIpc) is 2.85. The number of nitrogens with one attached hydrogen (secondary N) is 1. The van der Waals surface area contributed by atoms with Gasteiger partial charge in [0.1, 0.15) is 6.33 Å². The monoisotopic (exact) mass is 355 g/mol. The summed E-state index contributed by atoms with van der Waals surface area (Å²) in [5.41, 5.74) is 1.94. The highest BCUT2D eigenvalue weighted by molar-refractivity contribution is 7.99. The first-order valence-electron chi connectivity index (χ1n) is 6.59. The molecule has 0 fully saturated rings. The molecule has 0 unspecified atom stereocenters. The van der Waals surface area contributed by atoms with Crippen LogP contribution in [0, 0.1) is 13.8 Å². The van der Waals surface area contributed by atoms with Gasteiger partial charge in [0.05, 0.1) is 10.6 Å². The number of thioether (sulfide) groups is 1. The zero-order valence-corrected chi connectivity index (χ0v) is 14.5. The molecule has 0 aliphatic rings. The smallest absolute Gasteiger partial charge is 0.238 e. The number of hydrogen-bond acceptors (Lipinski definition) is 6. The van der Waals surface area contributed by atoms with Crippen LogP contribution >= 0.6 is 11.8 Å². The van der Waals surface area contributed by atoms with Crippen molar-refractivity contribution in [2.24, 2.45) is 12.2 Å². The average molecular weight is 355 g/mol. The Balaban J connectivity index is 2.14. The van der Waals surface area contributed by atoms with Crippen LogP contribution in [-0.4, -0.2) is 34.8 Å². The molecule has 2 rings (SSSR count). The van der Waals surface area contributed by atoms with Crippen LogP contribution < -0.4 is 10.5 Å². The number of sulfonamides is 1. The lowest BCUT2D eigenvalue weighted by Gasteiger charge is -2.12. The molecular weight excluding hydrogens is 338 g/mol. The van der Waals surface area contributed by atoms with E-state index in [9.17, 15) is 13.2 Å². The third-order valence-corrected chi connectivity index (χ3v) is 5.17. The van der Waals surface area contributed by atoms with Crippen LogP contribution in [0.4, 0.5) is 5.69 Å². The number of anilines is 1. The second kappa shape index (κ2) is 6.69. The standard InChI is InChI=1S/C13H17N5O3S2/c1-8-4-10(23(14,20)21)5-11(9(8)2)16-12(19)6-22-13-17-15-7-18(13)3/h4-5,7H,6H2,1-3H3,(H,16,19)(H2,14,20,21). The van der Waals surface area contributed by atoms with E-state index in [1.807, 2.05) is 0 Å². The van der Waals surface area contributed by atoms with Gasteiger partial charge in [-0.25, -0.2) is 13.6 Å². The highest BCUT2D eigenvalue weighted by atomic mass is 32.2. The summed E-state index contributed by atoms with van der Waals surface area (Å²) in [6, 6.07) is 2.84. The van der Waals surface area contributed by atoms with Gasteiger partial charge in [-0.1, -0.05) is 11.8 Å². The van der Waals surface area contributed by atoms with E-state index in [-0.39, 0.29) is 16.6 Å². The van der Waals surface area contributed by atoms with Crippen molar-refractivity contribution in [1.29, 1.82) is 0 Å². The number of primary sulfonamides is 1. The van der Waals surface area contributed by atoms with E-state index in [2.05, 4.69) is 15.5 Å². The van der Waals surface area contributed by atoms with E-state index >= 15 is 0 Å². The number of hydrogen-bond donors (Lipinski definition) is 2. The maximum absolute atomic E-state index is 12.1. The fraction of sp³-hybridized carbons (Fsp3) is 0.308. The normalized spacial score (nSPS) is 11.5. The molecule has 0 atom stereocenters. The van der Waals surface area contributed by atoms with Crippen molar-refractivity contribution in [3.8, 4) is 0 Å². The van der Waals surface area contributed by atoms with Gasteiger partial charge in [0.15, 0.2) is 5.16 Å². The fourth-order valence-electron chi connectivity index (χ4n) is 1.84. The third kappa shape index (κ3) is 4.30. The second-order valence-electron chi connectivity index (χ2n) is 5.02. The van der Waals surface area contributed by atoms with Gasteiger partial charge in [-0.2, -0.15) is 0 Å². The van der Waals surface area contributed by atoms with Gasteiger partial charge in [-0.05, 0) is 37.1 Å². The van der Waals surface area contributed by atoms with E-state index in [0.29, 0.717) is 10.8 Å². The molecule has 1 aromatic heterocycles. The molecule has 0 bridgehead atoms. The number of rotatable bonds is 5. The summed E-state index contributed by atoms with van der Waals surface area (Å²) in [5.74, 6) is -0.142. The van der Waals surface area contributed by atoms with E-state index in [0.717, 1.165) is 11.1 Å². The SMILES string of the molecule is Cc1cc(S(N)(=O)=O)cc(NC(=O)CSc2nncn2C)c1C. The number of carbonyl (C=O) groups excluding carboxylic acids is 1. The molecule has 1 amide bonds. The summed E-state index contributed by atoms with van der Waals surface area (Å²) >= 11 is 1.24. The molecule has 124 valence electrons. The molecule has 0 spiro atoms. The predicted molar refractivity (Wildman–Crippen MR) is 87.6 cm³/mol. The lowest BCUT2D eigenvalue weighted by molar-refractivity contribution is -0.113. The molecule has 8 nitrogen and oxygen atoms in total. The lowest BCUT2D eigenvalue weighted by Crippen LogP contribution is -2.17. The minimum absolute atomic E-state index is 0.0307. The highest BCUT2D eigenvalue weighted by Gasteiger charge is 2.15. The van der Waals surface area contributed by atoms with Gasteiger partial charge in [-0.15, -0.1) is 10.2 Å². The molecule has 1 heterocycles. The van der Waals surface area contributed by atoms with Crippen LogP contribution in [-0.2, 0) is 21.9 Å². The Morgan fingerprint density at radius 2 is 2.09 bits per heavy atom. The molecule has 23 heavy (non-hydrogen) atoms. The maximum atomic E-state index is 12.1. The number of carbonyl (C=O) groups is 1. The summed E-state index contributed by atoms with van der Waals surface area (Å²) in [6.07, 6.45) is 1.54. The van der Waals surface area contributed by atoms with Crippen molar-refractivity contribution in [1.82, 2.24) is 14.8 Å². The van der Waals surface area contributed by atoms with E-state index in [1.165, 1.54) is 23.9 Å². The first kappa shape index (κ1) is 17.4. The number of nitrogens with zero attached hydrogens (tertiary/aromatic N) is 3. The van der Waals surface area contributed by atoms with Crippen molar-refractivity contribution in [2.45, 2.75) is 23.9 Å². The van der Waals surface area contributed by atoms with Gasteiger partial charge in [0, 0.05) is 12.7 Å². The van der Waals surface area contributed by atoms with Crippen molar-refractivity contribution >= 4 is 33.4 Å². The van der Waals surface area contributed by atoms with Gasteiger partial charge >= 0.3 is 0 Å². The van der Waals surface area contributed by atoms with Crippen LogP contribution in [0.25, 0.3) is 0 Å².